The third-order valence-corrected chi connectivity index (χ3v) is 4.28. The molecule has 1 fully saturated rings. The molecule has 0 bridgehead atoms. The maximum absolute atomic E-state index is 12.4. The molecule has 128 valence electrons. The second-order valence-corrected chi connectivity index (χ2v) is 7.34. The molecule has 2 rings (SSSR count). The van der Waals surface area contributed by atoms with Crippen LogP contribution in [-0.4, -0.2) is 52.7 Å². The van der Waals surface area contributed by atoms with Crippen molar-refractivity contribution in [3.05, 3.63) is 30.1 Å². The number of carbonyl (C=O) groups excluding carboxylic acids is 1. The Morgan fingerprint density at radius 2 is 2.22 bits per heavy atom. The number of aromatic nitrogens is 1. The normalized spacial score (nSPS) is 19.9. The number of likely N-dealkylation sites (N-methyl/N-ethyl adjacent to an activating group) is 1. The van der Waals surface area contributed by atoms with Gasteiger partial charge in [0.25, 0.3) is 0 Å². The molecule has 0 N–H and O–H groups in total. The van der Waals surface area contributed by atoms with Gasteiger partial charge < -0.3 is 9.64 Å². The lowest BCUT2D eigenvalue weighted by atomic mass is 10.1. The number of hydrogen-bond acceptors (Lipinski definition) is 4. The molecule has 1 amide bonds. The van der Waals surface area contributed by atoms with Crippen molar-refractivity contribution in [3.63, 3.8) is 0 Å². The summed E-state index contributed by atoms with van der Waals surface area (Å²) in [5.74, 6) is 0. The van der Waals surface area contributed by atoms with Gasteiger partial charge in [-0.3, -0.25) is 9.88 Å². The van der Waals surface area contributed by atoms with Gasteiger partial charge in [0, 0.05) is 31.4 Å². The van der Waals surface area contributed by atoms with E-state index in [1.165, 1.54) is 0 Å². The van der Waals surface area contributed by atoms with Crippen molar-refractivity contribution in [2.45, 2.75) is 58.2 Å². The Balaban J connectivity index is 1.96. The van der Waals surface area contributed by atoms with E-state index in [0.29, 0.717) is 0 Å². The second-order valence-electron chi connectivity index (χ2n) is 7.34. The van der Waals surface area contributed by atoms with Crippen LogP contribution in [0.3, 0.4) is 0 Å². The van der Waals surface area contributed by atoms with Gasteiger partial charge in [-0.15, -0.1) is 0 Å². The molecule has 0 saturated carbocycles. The first-order chi connectivity index (χ1) is 10.8. The summed E-state index contributed by atoms with van der Waals surface area (Å²) in [7, 11) is 2.09. The molecule has 1 aromatic heterocycles. The van der Waals surface area contributed by atoms with E-state index in [1.54, 1.807) is 0 Å². The minimum atomic E-state index is -0.447. The first kappa shape index (κ1) is 17.7. The highest BCUT2D eigenvalue weighted by atomic mass is 16.6. The van der Waals surface area contributed by atoms with Crippen LogP contribution in [0.4, 0.5) is 4.79 Å². The summed E-state index contributed by atoms with van der Waals surface area (Å²) in [5.41, 5.74) is 0.606. The van der Waals surface area contributed by atoms with E-state index in [1.807, 2.05) is 50.1 Å². The SMILES string of the molecule is C[C@@H](c1ccccn1)N(C)C[C@@H]1CCCN1C(=O)OC(C)(C)C. The molecule has 2 heterocycles. The molecule has 1 aliphatic rings. The Morgan fingerprint density at radius 3 is 2.83 bits per heavy atom. The Labute approximate surface area is 139 Å². The van der Waals surface area contributed by atoms with Crippen LogP contribution in [0.25, 0.3) is 0 Å². The zero-order valence-corrected chi connectivity index (χ0v) is 15.0. The van der Waals surface area contributed by atoms with E-state index in [-0.39, 0.29) is 18.2 Å². The fourth-order valence-corrected chi connectivity index (χ4v) is 2.93. The van der Waals surface area contributed by atoms with Gasteiger partial charge in [0.1, 0.15) is 5.60 Å². The summed E-state index contributed by atoms with van der Waals surface area (Å²) in [4.78, 5) is 20.9. The van der Waals surface area contributed by atoms with Crippen LogP contribution in [0, 0.1) is 0 Å². The maximum Gasteiger partial charge on any atom is 0.410 e. The summed E-state index contributed by atoms with van der Waals surface area (Å²) in [6.45, 7) is 9.49. The van der Waals surface area contributed by atoms with Crippen molar-refractivity contribution in [1.82, 2.24) is 14.8 Å². The molecule has 0 unspecified atom stereocenters. The fourth-order valence-electron chi connectivity index (χ4n) is 2.93. The van der Waals surface area contributed by atoms with Crippen LogP contribution in [0.5, 0.6) is 0 Å². The summed E-state index contributed by atoms with van der Waals surface area (Å²) in [5, 5.41) is 0. The summed E-state index contributed by atoms with van der Waals surface area (Å²) >= 11 is 0. The van der Waals surface area contributed by atoms with Crippen molar-refractivity contribution in [2.24, 2.45) is 0 Å². The first-order valence-electron chi connectivity index (χ1n) is 8.39. The number of likely N-dealkylation sites (tertiary alicyclic amines) is 1. The minimum Gasteiger partial charge on any atom is -0.444 e. The van der Waals surface area contributed by atoms with Crippen LogP contribution in [-0.2, 0) is 4.74 Å². The van der Waals surface area contributed by atoms with Crippen molar-refractivity contribution < 1.29 is 9.53 Å². The van der Waals surface area contributed by atoms with Crippen molar-refractivity contribution >= 4 is 6.09 Å². The molecular weight excluding hydrogens is 290 g/mol. The Bertz CT molecular complexity index is 513. The lowest BCUT2D eigenvalue weighted by molar-refractivity contribution is 0.0193. The largest absolute Gasteiger partial charge is 0.444 e. The van der Waals surface area contributed by atoms with Gasteiger partial charge in [0.2, 0.25) is 0 Å². The van der Waals surface area contributed by atoms with E-state index < -0.39 is 5.60 Å². The molecule has 0 aromatic carbocycles. The second kappa shape index (κ2) is 7.30. The quantitative estimate of drug-likeness (QED) is 0.852. The predicted octanol–water partition coefficient (Wildman–Crippen LogP) is 3.47. The van der Waals surface area contributed by atoms with Crippen molar-refractivity contribution in [3.8, 4) is 0 Å². The molecule has 1 aliphatic heterocycles. The maximum atomic E-state index is 12.4. The van der Waals surface area contributed by atoms with Crippen LogP contribution in [0.1, 0.15) is 52.3 Å². The standard InChI is InChI=1S/C18H29N3O2/c1-14(16-10-6-7-11-19-16)20(5)13-15-9-8-12-21(15)17(22)23-18(2,3)4/h6-7,10-11,14-15H,8-9,12-13H2,1-5H3/t14-,15-/m0/s1. The molecule has 23 heavy (non-hydrogen) atoms. The highest BCUT2D eigenvalue weighted by molar-refractivity contribution is 5.69. The van der Waals surface area contributed by atoms with Gasteiger partial charge in [0.15, 0.2) is 0 Å². The number of nitrogens with zero attached hydrogens (tertiary/aromatic N) is 3. The zero-order chi connectivity index (χ0) is 17.0. The third kappa shape index (κ3) is 4.93. The molecule has 5 heteroatoms. The third-order valence-electron chi connectivity index (χ3n) is 4.28. The highest BCUT2D eigenvalue weighted by Crippen LogP contribution is 2.24. The molecular formula is C18H29N3O2. The Hall–Kier alpha value is -1.62. The van der Waals surface area contributed by atoms with Crippen LogP contribution in [0.15, 0.2) is 24.4 Å². The monoisotopic (exact) mass is 319 g/mol. The van der Waals surface area contributed by atoms with Crippen LogP contribution < -0.4 is 0 Å². The van der Waals surface area contributed by atoms with Gasteiger partial charge in [-0.05, 0) is 59.7 Å². The Morgan fingerprint density at radius 1 is 1.48 bits per heavy atom. The fraction of sp³-hybridized carbons (Fsp3) is 0.667. The van der Waals surface area contributed by atoms with E-state index >= 15 is 0 Å². The van der Waals surface area contributed by atoms with Crippen LogP contribution in [0.2, 0.25) is 0 Å². The predicted molar refractivity (Wildman–Crippen MR) is 91.2 cm³/mol. The van der Waals surface area contributed by atoms with E-state index in [0.717, 1.165) is 31.6 Å². The number of hydrogen-bond donors (Lipinski definition) is 0. The molecule has 0 spiro atoms. The lowest BCUT2D eigenvalue weighted by Gasteiger charge is -2.33. The molecule has 5 nitrogen and oxygen atoms in total. The summed E-state index contributed by atoms with van der Waals surface area (Å²) < 4.78 is 5.53. The average Bonchev–Trinajstić information content (AvgIpc) is 2.94. The van der Waals surface area contributed by atoms with Gasteiger partial charge in [-0.1, -0.05) is 6.07 Å². The van der Waals surface area contributed by atoms with Gasteiger partial charge in [-0.2, -0.15) is 0 Å². The first-order valence-corrected chi connectivity index (χ1v) is 8.39. The van der Waals surface area contributed by atoms with E-state index in [2.05, 4.69) is 23.9 Å². The molecule has 0 radical (unpaired) electrons. The molecule has 0 aliphatic carbocycles. The number of rotatable bonds is 4. The van der Waals surface area contributed by atoms with E-state index in [9.17, 15) is 4.79 Å². The van der Waals surface area contributed by atoms with E-state index in [4.69, 9.17) is 4.74 Å². The highest BCUT2D eigenvalue weighted by Gasteiger charge is 2.33. The topological polar surface area (TPSA) is 45.7 Å². The van der Waals surface area contributed by atoms with Crippen molar-refractivity contribution in [1.29, 1.82) is 0 Å². The van der Waals surface area contributed by atoms with Gasteiger partial charge in [0.05, 0.1) is 5.69 Å². The Kier molecular flexibility index (Phi) is 5.63. The van der Waals surface area contributed by atoms with Gasteiger partial charge in [-0.25, -0.2) is 4.79 Å². The molecule has 1 aromatic rings. The number of amides is 1. The number of carbonyl (C=O) groups is 1. The number of ether oxygens (including phenoxy) is 1. The average molecular weight is 319 g/mol. The van der Waals surface area contributed by atoms with Crippen molar-refractivity contribution in [2.75, 3.05) is 20.1 Å². The number of pyridine rings is 1. The van der Waals surface area contributed by atoms with Gasteiger partial charge >= 0.3 is 6.09 Å². The summed E-state index contributed by atoms with van der Waals surface area (Å²) in [6.07, 6.45) is 3.69. The summed E-state index contributed by atoms with van der Waals surface area (Å²) in [6, 6.07) is 6.41. The molecule has 1 saturated heterocycles. The van der Waals surface area contributed by atoms with Crippen LogP contribution >= 0.6 is 0 Å². The minimum absolute atomic E-state index is 0.195. The molecule has 2 atom stereocenters. The smallest absolute Gasteiger partial charge is 0.410 e. The lowest BCUT2D eigenvalue weighted by Crippen LogP contribution is -2.44. The zero-order valence-electron chi connectivity index (χ0n) is 15.0.